The number of fused-ring (bicyclic) bond motifs is 1. The molecule has 0 aliphatic heterocycles. The van der Waals surface area contributed by atoms with Gasteiger partial charge >= 0.3 is 0 Å². The maximum absolute atomic E-state index is 8.83. The van der Waals surface area contributed by atoms with E-state index in [1.165, 1.54) is 6.20 Å². The zero-order valence-electron chi connectivity index (χ0n) is 7.99. The van der Waals surface area contributed by atoms with E-state index in [9.17, 15) is 0 Å². The fourth-order valence-electron chi connectivity index (χ4n) is 1.42. The monoisotopic (exact) mass is 218 g/mol. The van der Waals surface area contributed by atoms with E-state index in [2.05, 4.69) is 4.98 Å². The van der Waals surface area contributed by atoms with E-state index in [0.717, 1.165) is 5.52 Å². The van der Waals surface area contributed by atoms with Gasteiger partial charge in [0.25, 0.3) is 0 Å². The minimum Gasteiger partial charge on any atom is -0.496 e. The summed E-state index contributed by atoms with van der Waals surface area (Å²) in [6.45, 7) is 0. The van der Waals surface area contributed by atoms with Crippen LogP contribution in [0, 0.1) is 11.3 Å². The van der Waals surface area contributed by atoms with E-state index in [-0.39, 0.29) is 0 Å². The van der Waals surface area contributed by atoms with Crippen molar-refractivity contribution in [1.82, 2.24) is 4.98 Å². The van der Waals surface area contributed by atoms with Crippen LogP contribution in [0.5, 0.6) is 5.75 Å². The van der Waals surface area contributed by atoms with Gasteiger partial charge in [0, 0.05) is 6.20 Å². The molecule has 0 bridgehead atoms. The summed E-state index contributed by atoms with van der Waals surface area (Å²) in [5.74, 6) is 0.627. The van der Waals surface area contributed by atoms with Crippen LogP contribution in [0.15, 0.2) is 24.4 Å². The summed E-state index contributed by atoms with van der Waals surface area (Å²) in [6, 6.07) is 7.43. The van der Waals surface area contributed by atoms with Crippen molar-refractivity contribution in [2.24, 2.45) is 0 Å². The van der Waals surface area contributed by atoms with Crippen molar-refractivity contribution in [2.75, 3.05) is 7.11 Å². The first-order valence-electron chi connectivity index (χ1n) is 4.29. The number of nitrogens with zero attached hydrogens (tertiary/aromatic N) is 2. The van der Waals surface area contributed by atoms with Gasteiger partial charge < -0.3 is 4.74 Å². The minimum atomic E-state index is 0.355. The van der Waals surface area contributed by atoms with Gasteiger partial charge in [-0.15, -0.1) is 0 Å². The number of halogens is 1. The molecule has 3 nitrogen and oxygen atoms in total. The molecule has 1 aromatic carbocycles. The zero-order chi connectivity index (χ0) is 10.8. The van der Waals surface area contributed by atoms with Crippen LogP contribution in [0.25, 0.3) is 10.9 Å². The Kier molecular flexibility index (Phi) is 2.44. The summed E-state index contributed by atoms with van der Waals surface area (Å²) >= 11 is 6.08. The number of methoxy groups -OCH3 is 1. The summed E-state index contributed by atoms with van der Waals surface area (Å²) in [7, 11) is 1.56. The van der Waals surface area contributed by atoms with E-state index in [4.69, 9.17) is 21.6 Å². The topological polar surface area (TPSA) is 45.9 Å². The molecule has 0 saturated heterocycles. The van der Waals surface area contributed by atoms with Crippen LogP contribution in [0.2, 0.25) is 5.02 Å². The summed E-state index contributed by atoms with van der Waals surface area (Å²) in [5, 5.41) is 9.90. The first-order valence-corrected chi connectivity index (χ1v) is 4.67. The molecule has 0 amide bonds. The van der Waals surface area contributed by atoms with Gasteiger partial charge in [-0.25, -0.2) is 0 Å². The number of ether oxygens (including phenoxy) is 1. The highest BCUT2D eigenvalue weighted by molar-refractivity contribution is 6.37. The Bertz CT molecular complexity index is 560. The fourth-order valence-corrected chi connectivity index (χ4v) is 1.70. The Balaban J connectivity index is 2.90. The van der Waals surface area contributed by atoms with Gasteiger partial charge in [-0.05, 0) is 12.1 Å². The van der Waals surface area contributed by atoms with Gasteiger partial charge in [0.05, 0.1) is 28.6 Å². The van der Waals surface area contributed by atoms with Crippen molar-refractivity contribution >= 4 is 22.5 Å². The van der Waals surface area contributed by atoms with Crippen LogP contribution in [0.1, 0.15) is 5.56 Å². The quantitative estimate of drug-likeness (QED) is 0.740. The molecule has 2 aromatic rings. The summed E-state index contributed by atoms with van der Waals surface area (Å²) in [6.07, 6.45) is 1.46. The number of pyridine rings is 1. The third-order valence-electron chi connectivity index (χ3n) is 2.13. The van der Waals surface area contributed by atoms with Gasteiger partial charge in [-0.1, -0.05) is 17.7 Å². The molecule has 0 aliphatic rings. The van der Waals surface area contributed by atoms with E-state index >= 15 is 0 Å². The average molecular weight is 219 g/mol. The van der Waals surface area contributed by atoms with Gasteiger partial charge in [0.15, 0.2) is 0 Å². The Morgan fingerprint density at radius 3 is 2.93 bits per heavy atom. The molecule has 0 spiro atoms. The SMILES string of the molecule is COc1cccc2ncc(C#N)c(Cl)c12. The predicted molar refractivity (Wildman–Crippen MR) is 58.0 cm³/mol. The van der Waals surface area contributed by atoms with Gasteiger partial charge in [-0.2, -0.15) is 5.26 Å². The Labute approximate surface area is 91.9 Å². The molecule has 0 N–H and O–H groups in total. The zero-order valence-corrected chi connectivity index (χ0v) is 8.75. The van der Waals surface area contributed by atoms with Crippen LogP contribution >= 0.6 is 11.6 Å². The maximum atomic E-state index is 8.83. The van der Waals surface area contributed by atoms with Crippen molar-refractivity contribution < 1.29 is 4.74 Å². The van der Waals surface area contributed by atoms with Crippen molar-refractivity contribution in [3.63, 3.8) is 0 Å². The van der Waals surface area contributed by atoms with Crippen LogP contribution in [-0.2, 0) is 0 Å². The average Bonchev–Trinajstić information content (AvgIpc) is 2.29. The number of rotatable bonds is 1. The highest BCUT2D eigenvalue weighted by Gasteiger charge is 2.10. The molecule has 0 fully saturated rings. The first-order chi connectivity index (χ1) is 7.27. The number of hydrogen-bond acceptors (Lipinski definition) is 3. The van der Waals surface area contributed by atoms with Crippen LogP contribution < -0.4 is 4.74 Å². The third kappa shape index (κ3) is 1.49. The second kappa shape index (κ2) is 3.76. The van der Waals surface area contributed by atoms with E-state index in [1.807, 2.05) is 18.2 Å². The molecule has 15 heavy (non-hydrogen) atoms. The fraction of sp³-hybridized carbons (Fsp3) is 0.0909. The lowest BCUT2D eigenvalue weighted by Crippen LogP contribution is -1.89. The van der Waals surface area contributed by atoms with Crippen molar-refractivity contribution in [2.45, 2.75) is 0 Å². The summed E-state index contributed by atoms with van der Waals surface area (Å²) < 4.78 is 5.17. The summed E-state index contributed by atoms with van der Waals surface area (Å²) in [5.41, 5.74) is 1.08. The molecule has 0 unspecified atom stereocenters. The largest absolute Gasteiger partial charge is 0.496 e. The van der Waals surface area contributed by atoms with Gasteiger partial charge in [0.1, 0.15) is 11.8 Å². The molecule has 0 radical (unpaired) electrons. The number of nitriles is 1. The number of hydrogen-bond donors (Lipinski definition) is 0. The predicted octanol–water partition coefficient (Wildman–Crippen LogP) is 2.77. The third-order valence-corrected chi connectivity index (χ3v) is 2.53. The molecular weight excluding hydrogens is 212 g/mol. The van der Waals surface area contributed by atoms with Gasteiger partial charge in [-0.3, -0.25) is 4.98 Å². The standard InChI is InChI=1S/C11H7ClN2O/c1-15-9-4-2-3-8-10(9)11(12)7(5-13)6-14-8/h2-4,6H,1H3. The van der Waals surface area contributed by atoms with E-state index in [1.54, 1.807) is 13.2 Å². The molecule has 1 heterocycles. The second-order valence-corrected chi connectivity index (χ2v) is 3.33. The lowest BCUT2D eigenvalue weighted by atomic mass is 10.1. The summed E-state index contributed by atoms with van der Waals surface area (Å²) in [4.78, 5) is 4.13. The Morgan fingerprint density at radius 2 is 2.27 bits per heavy atom. The molecular formula is C11H7ClN2O. The normalized spacial score (nSPS) is 9.93. The minimum absolute atomic E-state index is 0.355. The molecule has 0 atom stereocenters. The number of benzene rings is 1. The number of aromatic nitrogens is 1. The first kappa shape index (κ1) is 9.75. The van der Waals surface area contributed by atoms with Crippen LogP contribution in [-0.4, -0.2) is 12.1 Å². The van der Waals surface area contributed by atoms with Crippen molar-refractivity contribution in [3.05, 3.63) is 35.0 Å². The van der Waals surface area contributed by atoms with Crippen LogP contribution in [0.4, 0.5) is 0 Å². The highest BCUT2D eigenvalue weighted by atomic mass is 35.5. The van der Waals surface area contributed by atoms with Gasteiger partial charge in [0.2, 0.25) is 0 Å². The van der Waals surface area contributed by atoms with E-state index < -0.39 is 0 Å². The Hall–Kier alpha value is -1.79. The van der Waals surface area contributed by atoms with E-state index in [0.29, 0.717) is 21.7 Å². The Morgan fingerprint density at radius 1 is 1.47 bits per heavy atom. The highest BCUT2D eigenvalue weighted by Crippen LogP contribution is 2.32. The van der Waals surface area contributed by atoms with Crippen molar-refractivity contribution in [3.8, 4) is 11.8 Å². The molecule has 2 rings (SSSR count). The molecule has 0 saturated carbocycles. The molecule has 1 aromatic heterocycles. The van der Waals surface area contributed by atoms with Crippen LogP contribution in [0.3, 0.4) is 0 Å². The lowest BCUT2D eigenvalue weighted by molar-refractivity contribution is 0.420. The lowest BCUT2D eigenvalue weighted by Gasteiger charge is -2.06. The molecule has 74 valence electrons. The van der Waals surface area contributed by atoms with Crippen molar-refractivity contribution in [1.29, 1.82) is 5.26 Å². The smallest absolute Gasteiger partial charge is 0.129 e. The second-order valence-electron chi connectivity index (χ2n) is 2.95. The molecule has 4 heteroatoms. The maximum Gasteiger partial charge on any atom is 0.129 e. The molecule has 0 aliphatic carbocycles.